The molecule has 0 saturated heterocycles. The molecular formula is C37H48O8. The van der Waals surface area contributed by atoms with Crippen LogP contribution in [0.25, 0.3) is 12.2 Å². The quantitative estimate of drug-likeness (QED) is 0.0368. The van der Waals surface area contributed by atoms with E-state index in [-0.39, 0.29) is 17.7 Å². The number of hydrogen-bond acceptors (Lipinski definition) is 8. The molecule has 0 bridgehead atoms. The van der Waals surface area contributed by atoms with Gasteiger partial charge >= 0.3 is 11.9 Å². The molecule has 0 saturated carbocycles. The van der Waals surface area contributed by atoms with E-state index in [1.54, 1.807) is 48.6 Å². The van der Waals surface area contributed by atoms with Crippen LogP contribution in [-0.4, -0.2) is 37.0 Å². The number of esters is 2. The molecule has 0 radical (unpaired) electrons. The molecule has 1 N–H and O–H groups in total. The Bertz CT molecular complexity index is 1320. The van der Waals surface area contributed by atoms with E-state index in [1.165, 1.54) is 26.4 Å². The van der Waals surface area contributed by atoms with Gasteiger partial charge in [0.25, 0.3) is 0 Å². The molecule has 2 aromatic rings. The molecule has 0 spiro atoms. The largest absolute Gasteiger partial charge is 0.508 e. The lowest BCUT2D eigenvalue weighted by Gasteiger charge is -2.10. The number of unbranched alkanes of at least 4 members (excludes halogenated alkanes) is 8. The van der Waals surface area contributed by atoms with Crippen molar-refractivity contribution >= 4 is 29.9 Å². The van der Waals surface area contributed by atoms with Gasteiger partial charge in [0.05, 0.1) is 14.2 Å². The number of ether oxygens (including phenoxy) is 4. The van der Waals surface area contributed by atoms with E-state index >= 15 is 0 Å². The van der Waals surface area contributed by atoms with Gasteiger partial charge in [0.2, 0.25) is 0 Å². The molecule has 0 aromatic heterocycles. The first-order valence-electron chi connectivity index (χ1n) is 15.9. The molecule has 0 amide bonds. The lowest BCUT2D eigenvalue weighted by molar-refractivity contribution is -0.135. The third-order valence-corrected chi connectivity index (χ3v) is 6.97. The fraction of sp³-hybridized carbons (Fsp3) is 0.432. The zero-order valence-corrected chi connectivity index (χ0v) is 27.1. The molecule has 0 aliphatic heterocycles. The molecule has 45 heavy (non-hydrogen) atoms. The summed E-state index contributed by atoms with van der Waals surface area (Å²) in [6, 6.07) is 10.0. The summed E-state index contributed by atoms with van der Waals surface area (Å²) in [5, 5.41) is 10.3. The van der Waals surface area contributed by atoms with E-state index in [0.717, 1.165) is 70.3 Å². The van der Waals surface area contributed by atoms with Crippen molar-refractivity contribution in [2.24, 2.45) is 0 Å². The van der Waals surface area contributed by atoms with Crippen molar-refractivity contribution in [2.45, 2.75) is 90.9 Å². The van der Waals surface area contributed by atoms with Crippen LogP contribution in [0.2, 0.25) is 0 Å². The SMILES string of the molecule is CCCCCCCC(=O)Oc1ccc(/C=C/C(=O)/C=C(O)/C=C/c2ccc(OC(=O)CCCCCCC)c(OC)c2)cc1OC. The van der Waals surface area contributed by atoms with Gasteiger partial charge in [0.15, 0.2) is 28.8 Å². The van der Waals surface area contributed by atoms with Gasteiger partial charge in [0.1, 0.15) is 5.76 Å². The number of carbonyl (C=O) groups excluding carboxylic acids is 3. The lowest BCUT2D eigenvalue weighted by Crippen LogP contribution is -2.08. The first-order chi connectivity index (χ1) is 21.8. The third-order valence-electron chi connectivity index (χ3n) is 6.97. The Morgan fingerprint density at radius 3 is 1.51 bits per heavy atom. The van der Waals surface area contributed by atoms with Crippen LogP contribution in [-0.2, 0) is 14.4 Å². The standard InChI is InChI=1S/C37H48O8/c1-5-7-9-11-13-15-36(40)44-32-23-19-28(25-34(32)42-3)17-21-30(38)27-31(39)22-18-29-20-24-33(35(26-29)43-4)45-37(41)16-14-12-10-8-6-2/h17-27,38H,5-16H2,1-4H3/b21-17+,22-18+,30-27-. The number of ketones is 1. The van der Waals surface area contributed by atoms with Crippen LogP contribution in [0.4, 0.5) is 0 Å². The minimum absolute atomic E-state index is 0.239. The Labute approximate surface area is 267 Å². The monoisotopic (exact) mass is 620 g/mol. The summed E-state index contributed by atoms with van der Waals surface area (Å²) < 4.78 is 21.7. The second-order valence-corrected chi connectivity index (χ2v) is 10.7. The first-order valence-corrected chi connectivity index (χ1v) is 15.9. The number of carbonyl (C=O) groups is 3. The zero-order chi connectivity index (χ0) is 32.9. The topological polar surface area (TPSA) is 108 Å². The lowest BCUT2D eigenvalue weighted by atomic mass is 10.1. The summed E-state index contributed by atoms with van der Waals surface area (Å²) in [6.45, 7) is 4.29. The van der Waals surface area contributed by atoms with Crippen molar-refractivity contribution < 1.29 is 38.4 Å². The molecular weight excluding hydrogens is 572 g/mol. The number of rotatable bonds is 21. The second kappa shape index (κ2) is 21.4. The van der Waals surface area contributed by atoms with Crippen molar-refractivity contribution in [1.29, 1.82) is 0 Å². The van der Waals surface area contributed by atoms with Crippen LogP contribution >= 0.6 is 0 Å². The Morgan fingerprint density at radius 1 is 0.622 bits per heavy atom. The fourth-order valence-corrected chi connectivity index (χ4v) is 4.44. The Balaban J connectivity index is 1.93. The molecule has 0 aliphatic carbocycles. The van der Waals surface area contributed by atoms with Gasteiger partial charge in [-0.3, -0.25) is 14.4 Å². The third kappa shape index (κ3) is 14.8. The molecule has 0 aliphatic rings. The fourth-order valence-electron chi connectivity index (χ4n) is 4.44. The molecule has 0 atom stereocenters. The maximum Gasteiger partial charge on any atom is 0.311 e. The van der Waals surface area contributed by atoms with Crippen molar-refractivity contribution in [2.75, 3.05) is 14.2 Å². The van der Waals surface area contributed by atoms with Gasteiger partial charge in [-0.15, -0.1) is 0 Å². The Morgan fingerprint density at radius 2 is 1.07 bits per heavy atom. The maximum absolute atomic E-state index is 12.4. The van der Waals surface area contributed by atoms with Gasteiger partial charge in [-0.2, -0.15) is 0 Å². The highest BCUT2D eigenvalue weighted by Crippen LogP contribution is 2.30. The smallest absolute Gasteiger partial charge is 0.311 e. The highest BCUT2D eigenvalue weighted by molar-refractivity contribution is 6.02. The number of aliphatic hydroxyl groups excluding tert-OH is 1. The van der Waals surface area contributed by atoms with Crippen LogP contribution in [0.3, 0.4) is 0 Å². The van der Waals surface area contributed by atoms with E-state index in [1.807, 2.05) is 0 Å². The summed E-state index contributed by atoms with van der Waals surface area (Å²) in [6.07, 6.45) is 18.1. The van der Waals surface area contributed by atoms with Crippen molar-refractivity contribution in [3.05, 3.63) is 71.5 Å². The molecule has 2 aromatic carbocycles. The van der Waals surface area contributed by atoms with Gasteiger partial charge in [-0.1, -0.05) is 89.5 Å². The molecule has 0 fully saturated rings. The highest BCUT2D eigenvalue weighted by Gasteiger charge is 2.12. The molecule has 2 rings (SSSR count). The molecule has 0 unspecified atom stereocenters. The van der Waals surface area contributed by atoms with Crippen molar-refractivity contribution in [3.8, 4) is 23.0 Å². The average Bonchev–Trinajstić information content (AvgIpc) is 3.03. The summed E-state index contributed by atoms with van der Waals surface area (Å²) in [4.78, 5) is 36.8. The molecule has 8 nitrogen and oxygen atoms in total. The van der Waals surface area contributed by atoms with Crippen LogP contribution in [0.5, 0.6) is 23.0 Å². The van der Waals surface area contributed by atoms with Crippen LogP contribution in [0, 0.1) is 0 Å². The van der Waals surface area contributed by atoms with Crippen LogP contribution in [0.15, 0.2) is 60.4 Å². The number of hydrogen-bond donors (Lipinski definition) is 1. The number of allylic oxidation sites excluding steroid dienone is 3. The van der Waals surface area contributed by atoms with Crippen LogP contribution in [0.1, 0.15) is 102 Å². The average molecular weight is 621 g/mol. The van der Waals surface area contributed by atoms with Crippen molar-refractivity contribution in [1.82, 2.24) is 0 Å². The minimum atomic E-state index is -0.427. The highest BCUT2D eigenvalue weighted by atomic mass is 16.6. The van der Waals surface area contributed by atoms with Gasteiger partial charge in [-0.25, -0.2) is 0 Å². The number of methoxy groups -OCH3 is 2. The summed E-state index contributed by atoms with van der Waals surface area (Å²) >= 11 is 0. The molecule has 0 heterocycles. The van der Waals surface area contributed by atoms with Gasteiger partial charge < -0.3 is 24.1 Å². The van der Waals surface area contributed by atoms with Gasteiger partial charge in [0, 0.05) is 18.9 Å². The van der Waals surface area contributed by atoms with Crippen LogP contribution < -0.4 is 18.9 Å². The molecule has 8 heteroatoms. The van der Waals surface area contributed by atoms with Gasteiger partial charge in [-0.05, 0) is 60.4 Å². The predicted molar refractivity (Wildman–Crippen MR) is 178 cm³/mol. The normalized spacial score (nSPS) is 11.6. The van der Waals surface area contributed by atoms with E-state index in [0.29, 0.717) is 47.0 Å². The summed E-state index contributed by atoms with van der Waals surface area (Å²) in [5.41, 5.74) is 1.34. The maximum atomic E-state index is 12.4. The second-order valence-electron chi connectivity index (χ2n) is 10.7. The summed E-state index contributed by atoms with van der Waals surface area (Å²) in [5.74, 6) is 0.138. The minimum Gasteiger partial charge on any atom is -0.508 e. The summed E-state index contributed by atoms with van der Waals surface area (Å²) in [7, 11) is 2.97. The molecule has 244 valence electrons. The van der Waals surface area contributed by atoms with Crippen molar-refractivity contribution in [3.63, 3.8) is 0 Å². The zero-order valence-electron chi connectivity index (χ0n) is 27.1. The van der Waals surface area contributed by atoms with E-state index in [9.17, 15) is 19.5 Å². The van der Waals surface area contributed by atoms with E-state index in [2.05, 4.69) is 13.8 Å². The predicted octanol–water partition coefficient (Wildman–Crippen LogP) is 8.97. The Hall–Kier alpha value is -4.33. The van der Waals surface area contributed by atoms with E-state index < -0.39 is 5.78 Å². The Kier molecular flexibility index (Phi) is 17.5. The number of benzene rings is 2. The first kappa shape index (κ1) is 36.9. The van der Waals surface area contributed by atoms with E-state index in [4.69, 9.17) is 18.9 Å². The number of aliphatic hydroxyl groups is 1.